The van der Waals surface area contributed by atoms with Gasteiger partial charge in [-0.1, -0.05) is 19.1 Å². The fourth-order valence-electron chi connectivity index (χ4n) is 2.02. The second kappa shape index (κ2) is 7.79. The van der Waals surface area contributed by atoms with Crippen LogP contribution in [-0.2, 0) is 6.54 Å². The molecule has 1 amide bonds. The van der Waals surface area contributed by atoms with Gasteiger partial charge >= 0.3 is 0 Å². The molecule has 0 aliphatic rings. The van der Waals surface area contributed by atoms with Crippen molar-refractivity contribution in [3.05, 3.63) is 58.0 Å². The highest BCUT2D eigenvalue weighted by Crippen LogP contribution is 2.21. The Labute approximate surface area is 133 Å². The molecule has 1 heterocycles. The van der Waals surface area contributed by atoms with Crippen LogP contribution in [-0.4, -0.2) is 28.0 Å². The van der Waals surface area contributed by atoms with Gasteiger partial charge in [0.15, 0.2) is 0 Å². The van der Waals surface area contributed by atoms with Gasteiger partial charge in [-0.15, -0.1) is 11.8 Å². The topological polar surface area (TPSA) is 64.0 Å². The molecule has 1 N–H and O–H groups in total. The highest BCUT2D eigenvalue weighted by atomic mass is 32.2. The molecule has 0 bridgehead atoms. The van der Waals surface area contributed by atoms with Crippen LogP contribution in [0.25, 0.3) is 0 Å². The van der Waals surface area contributed by atoms with Crippen molar-refractivity contribution in [3.8, 4) is 0 Å². The molecular formula is C16H19N3O2S. The first-order valence-electron chi connectivity index (χ1n) is 7.16. The van der Waals surface area contributed by atoms with Crippen LogP contribution in [0.2, 0.25) is 0 Å². The Bertz CT molecular complexity index is 713. The molecule has 116 valence electrons. The summed E-state index contributed by atoms with van der Waals surface area (Å²) in [5.74, 6) is 0.782. The summed E-state index contributed by atoms with van der Waals surface area (Å²) in [6.45, 7) is 4.59. The summed E-state index contributed by atoms with van der Waals surface area (Å²) in [5, 5.41) is 6.98. The fourth-order valence-corrected chi connectivity index (χ4v) is 2.82. The highest BCUT2D eigenvalue weighted by molar-refractivity contribution is 7.99. The van der Waals surface area contributed by atoms with Gasteiger partial charge in [-0.2, -0.15) is 5.10 Å². The number of aromatic nitrogens is 2. The van der Waals surface area contributed by atoms with Crippen molar-refractivity contribution in [1.29, 1.82) is 0 Å². The number of hydrogen-bond acceptors (Lipinski definition) is 4. The molecule has 2 aromatic rings. The third-order valence-electron chi connectivity index (χ3n) is 3.04. The number of benzene rings is 1. The average Bonchev–Trinajstić information content (AvgIpc) is 2.51. The normalized spacial score (nSPS) is 10.5. The van der Waals surface area contributed by atoms with E-state index in [2.05, 4.69) is 17.3 Å². The molecule has 1 aromatic carbocycles. The van der Waals surface area contributed by atoms with Gasteiger partial charge in [0.1, 0.15) is 0 Å². The third kappa shape index (κ3) is 4.21. The zero-order valence-electron chi connectivity index (χ0n) is 12.7. The summed E-state index contributed by atoms with van der Waals surface area (Å²) < 4.78 is 1.36. The third-order valence-corrected chi connectivity index (χ3v) is 4.00. The van der Waals surface area contributed by atoms with Crippen LogP contribution in [0, 0.1) is 6.92 Å². The van der Waals surface area contributed by atoms with Gasteiger partial charge in [0.05, 0.1) is 17.8 Å². The molecule has 0 aliphatic heterocycles. The lowest BCUT2D eigenvalue weighted by molar-refractivity contribution is 0.0949. The maximum absolute atomic E-state index is 12.3. The molecular weight excluding hydrogens is 298 g/mol. The summed E-state index contributed by atoms with van der Waals surface area (Å²) in [4.78, 5) is 24.9. The molecule has 2 rings (SSSR count). The minimum Gasteiger partial charge on any atom is -0.350 e. The number of nitrogens with zero attached hydrogens (tertiary/aromatic N) is 2. The molecule has 0 saturated carbocycles. The SMILES string of the molecule is CCSc1ccccc1C(=O)NCCn1nc(C)ccc1=O. The van der Waals surface area contributed by atoms with Crippen molar-refractivity contribution in [1.82, 2.24) is 15.1 Å². The number of aryl methyl sites for hydroxylation is 1. The predicted molar refractivity (Wildman–Crippen MR) is 88.4 cm³/mol. The monoisotopic (exact) mass is 317 g/mol. The number of amides is 1. The van der Waals surface area contributed by atoms with Crippen molar-refractivity contribution < 1.29 is 4.79 Å². The van der Waals surface area contributed by atoms with Crippen molar-refractivity contribution in [2.75, 3.05) is 12.3 Å². The summed E-state index contributed by atoms with van der Waals surface area (Å²) in [6, 6.07) is 10.7. The van der Waals surface area contributed by atoms with Gasteiger partial charge in [-0.05, 0) is 30.9 Å². The number of nitrogens with one attached hydrogen (secondary N) is 1. The van der Waals surface area contributed by atoms with Gasteiger partial charge in [0.25, 0.3) is 11.5 Å². The first-order chi connectivity index (χ1) is 10.6. The van der Waals surface area contributed by atoms with Gasteiger partial charge < -0.3 is 5.32 Å². The molecule has 6 heteroatoms. The van der Waals surface area contributed by atoms with E-state index in [0.717, 1.165) is 16.3 Å². The quantitative estimate of drug-likeness (QED) is 0.829. The Hall–Kier alpha value is -2.08. The lowest BCUT2D eigenvalue weighted by Gasteiger charge is -2.10. The van der Waals surface area contributed by atoms with Crippen LogP contribution in [0.5, 0.6) is 0 Å². The first-order valence-corrected chi connectivity index (χ1v) is 8.15. The van der Waals surface area contributed by atoms with Crippen molar-refractivity contribution >= 4 is 17.7 Å². The molecule has 1 aromatic heterocycles. The number of carbonyl (C=O) groups is 1. The second-order valence-corrected chi connectivity index (χ2v) is 6.03. The van der Waals surface area contributed by atoms with Crippen LogP contribution in [0.15, 0.2) is 46.1 Å². The Balaban J connectivity index is 1.99. The van der Waals surface area contributed by atoms with Gasteiger partial charge in [0, 0.05) is 17.5 Å². The van der Waals surface area contributed by atoms with E-state index < -0.39 is 0 Å². The molecule has 0 fully saturated rings. The van der Waals surface area contributed by atoms with Crippen molar-refractivity contribution in [3.63, 3.8) is 0 Å². The Morgan fingerprint density at radius 2 is 2.05 bits per heavy atom. The van der Waals surface area contributed by atoms with E-state index in [1.54, 1.807) is 17.8 Å². The molecule has 0 spiro atoms. The van der Waals surface area contributed by atoms with Crippen LogP contribution in [0.3, 0.4) is 0 Å². The van der Waals surface area contributed by atoms with E-state index >= 15 is 0 Å². The van der Waals surface area contributed by atoms with Gasteiger partial charge in [-0.25, -0.2) is 4.68 Å². The van der Waals surface area contributed by atoms with Crippen LogP contribution in [0.1, 0.15) is 23.0 Å². The van der Waals surface area contributed by atoms with Gasteiger partial charge in [-0.3, -0.25) is 9.59 Å². The summed E-state index contributed by atoms with van der Waals surface area (Å²) in [5.41, 5.74) is 1.27. The molecule has 0 atom stereocenters. The van der Waals surface area contributed by atoms with E-state index in [-0.39, 0.29) is 11.5 Å². The molecule has 22 heavy (non-hydrogen) atoms. The number of hydrogen-bond donors (Lipinski definition) is 1. The fraction of sp³-hybridized carbons (Fsp3) is 0.312. The second-order valence-electron chi connectivity index (χ2n) is 4.72. The van der Waals surface area contributed by atoms with Crippen LogP contribution < -0.4 is 10.9 Å². The number of thioether (sulfide) groups is 1. The zero-order chi connectivity index (χ0) is 15.9. The summed E-state index contributed by atoms with van der Waals surface area (Å²) >= 11 is 1.64. The van der Waals surface area contributed by atoms with Crippen LogP contribution >= 0.6 is 11.8 Å². The summed E-state index contributed by atoms with van der Waals surface area (Å²) in [7, 11) is 0. The predicted octanol–water partition coefficient (Wildman–Crippen LogP) is 2.09. The zero-order valence-corrected chi connectivity index (χ0v) is 13.5. The lowest BCUT2D eigenvalue weighted by Crippen LogP contribution is -2.32. The highest BCUT2D eigenvalue weighted by Gasteiger charge is 2.10. The Morgan fingerprint density at radius 3 is 2.82 bits per heavy atom. The van der Waals surface area contributed by atoms with E-state index in [1.807, 2.05) is 31.2 Å². The number of rotatable bonds is 6. The van der Waals surface area contributed by atoms with E-state index in [4.69, 9.17) is 0 Å². The Morgan fingerprint density at radius 1 is 1.27 bits per heavy atom. The largest absolute Gasteiger partial charge is 0.350 e. The van der Waals surface area contributed by atoms with Gasteiger partial charge in [0.2, 0.25) is 0 Å². The van der Waals surface area contributed by atoms with E-state index in [9.17, 15) is 9.59 Å². The first kappa shape index (κ1) is 16.3. The Kier molecular flexibility index (Phi) is 5.77. The molecule has 0 saturated heterocycles. The number of carbonyl (C=O) groups excluding carboxylic acids is 1. The van der Waals surface area contributed by atoms with E-state index in [1.165, 1.54) is 10.7 Å². The molecule has 0 unspecified atom stereocenters. The van der Waals surface area contributed by atoms with E-state index in [0.29, 0.717) is 18.7 Å². The molecule has 0 aliphatic carbocycles. The molecule has 5 nitrogen and oxygen atoms in total. The minimum atomic E-state index is -0.165. The lowest BCUT2D eigenvalue weighted by atomic mass is 10.2. The minimum absolute atomic E-state index is 0.128. The van der Waals surface area contributed by atoms with Crippen LogP contribution in [0.4, 0.5) is 0 Å². The maximum Gasteiger partial charge on any atom is 0.266 e. The molecule has 0 radical (unpaired) electrons. The van der Waals surface area contributed by atoms with Crippen molar-refractivity contribution in [2.24, 2.45) is 0 Å². The standard InChI is InChI=1S/C16H19N3O2S/c1-3-22-14-7-5-4-6-13(14)16(21)17-10-11-19-15(20)9-8-12(2)18-19/h4-9H,3,10-11H2,1-2H3,(H,17,21). The maximum atomic E-state index is 12.3. The smallest absolute Gasteiger partial charge is 0.266 e. The summed E-state index contributed by atoms with van der Waals surface area (Å²) in [6.07, 6.45) is 0. The van der Waals surface area contributed by atoms with Crippen molar-refractivity contribution in [2.45, 2.75) is 25.3 Å². The average molecular weight is 317 g/mol.